The van der Waals surface area contributed by atoms with Gasteiger partial charge < -0.3 is 24.6 Å². The van der Waals surface area contributed by atoms with E-state index in [1.54, 1.807) is 6.08 Å². The second kappa shape index (κ2) is 33.9. The molecule has 0 saturated heterocycles. The Labute approximate surface area is 295 Å². The second-order valence-electron chi connectivity index (χ2n) is 11.5. The highest BCUT2D eigenvalue weighted by atomic mass is 31.2. The van der Waals surface area contributed by atoms with E-state index in [1.165, 1.54) is 12.8 Å². The van der Waals surface area contributed by atoms with E-state index >= 15 is 0 Å². The van der Waals surface area contributed by atoms with Crippen molar-refractivity contribution in [1.29, 1.82) is 0 Å². The number of esters is 2. The van der Waals surface area contributed by atoms with Crippen molar-refractivity contribution in [3.63, 3.8) is 0 Å². The summed E-state index contributed by atoms with van der Waals surface area (Å²) in [5.74, 6) is -1.09. The van der Waals surface area contributed by atoms with Crippen LogP contribution in [0.1, 0.15) is 117 Å². The van der Waals surface area contributed by atoms with E-state index in [9.17, 15) is 24.2 Å². The smallest absolute Gasteiger partial charge is 0.462 e. The number of hydrogen-bond acceptors (Lipinski definition) is 9. The molecule has 3 N–H and O–H groups in total. The zero-order valence-electron chi connectivity index (χ0n) is 29.9. The average molecular weight is 711 g/mol. The van der Waals surface area contributed by atoms with Crippen LogP contribution in [0.5, 0.6) is 0 Å². The van der Waals surface area contributed by atoms with Crippen LogP contribution in [0.2, 0.25) is 0 Å². The van der Waals surface area contributed by atoms with Crippen molar-refractivity contribution >= 4 is 19.8 Å². The van der Waals surface area contributed by atoms with Gasteiger partial charge in [0.25, 0.3) is 0 Å². The largest absolute Gasteiger partial charge is 0.472 e. The van der Waals surface area contributed by atoms with Gasteiger partial charge in [-0.05, 0) is 57.8 Å². The van der Waals surface area contributed by atoms with E-state index in [4.69, 9.17) is 19.1 Å². The quantitative estimate of drug-likeness (QED) is 0.0268. The summed E-state index contributed by atoms with van der Waals surface area (Å²) in [5.41, 5.74) is 0. The lowest BCUT2D eigenvalue weighted by molar-refractivity contribution is -0.160. The highest BCUT2D eigenvalue weighted by Crippen LogP contribution is 2.43. The van der Waals surface area contributed by atoms with Crippen LogP contribution in [0, 0.1) is 0 Å². The number of ether oxygens (including phenoxy) is 2. The van der Waals surface area contributed by atoms with Crippen LogP contribution in [-0.2, 0) is 32.7 Å². The van der Waals surface area contributed by atoms with Gasteiger partial charge in [-0.25, -0.2) is 4.57 Å². The summed E-state index contributed by atoms with van der Waals surface area (Å²) in [5, 5.41) is 18.2. The molecule has 0 spiro atoms. The Morgan fingerprint density at radius 3 is 1.78 bits per heavy atom. The standard InChI is InChI=1S/C38H63O10P/c1-3-5-7-9-11-13-15-16-17-18-20-22-24-26-28-30-38(42)48-36(34-47-49(43,44)46-32-35(40)31-39)33-45-37(41)29-27-25-23-21-19-14-12-10-8-6-4-2/h5,7,10-13,16-17,20,22,26,28,35-36,39-40H,3-4,6,8-9,14-15,18-19,21,23-25,27,29-34H2,1-2H3,(H,43,44)/b7-5-,12-10-,13-11-,17-16-,22-20-,28-26-. The Bertz CT molecular complexity index is 1050. The minimum atomic E-state index is -4.64. The lowest BCUT2D eigenvalue weighted by Crippen LogP contribution is -2.29. The molecule has 3 atom stereocenters. The van der Waals surface area contributed by atoms with Gasteiger partial charge in [-0.15, -0.1) is 0 Å². The molecule has 11 heteroatoms. The van der Waals surface area contributed by atoms with Crippen molar-refractivity contribution in [2.75, 3.05) is 26.4 Å². The fraction of sp³-hybridized carbons (Fsp3) is 0.632. The molecule has 0 aromatic rings. The molecule has 0 rings (SSSR count). The zero-order valence-corrected chi connectivity index (χ0v) is 30.8. The summed E-state index contributed by atoms with van der Waals surface area (Å²) in [7, 11) is -4.64. The van der Waals surface area contributed by atoms with Gasteiger partial charge in [0.05, 0.1) is 26.2 Å². The van der Waals surface area contributed by atoms with Crippen LogP contribution in [0.15, 0.2) is 72.9 Å². The van der Waals surface area contributed by atoms with Gasteiger partial charge in [-0.3, -0.25) is 18.6 Å². The van der Waals surface area contributed by atoms with Gasteiger partial charge in [0, 0.05) is 6.42 Å². The first-order valence-corrected chi connectivity index (χ1v) is 19.4. The van der Waals surface area contributed by atoms with Gasteiger partial charge in [0.15, 0.2) is 6.10 Å². The lowest BCUT2D eigenvalue weighted by atomic mass is 10.1. The summed E-state index contributed by atoms with van der Waals surface area (Å²) < 4.78 is 32.4. The molecule has 0 radical (unpaired) electrons. The number of allylic oxidation sites excluding steroid dienone is 11. The number of carbonyl (C=O) groups excluding carboxylic acids is 2. The summed E-state index contributed by atoms with van der Waals surface area (Å²) in [6.07, 6.45) is 36.2. The first kappa shape index (κ1) is 46.4. The van der Waals surface area contributed by atoms with Crippen LogP contribution in [0.25, 0.3) is 0 Å². The number of aliphatic hydroxyl groups excluding tert-OH is 2. The molecule has 49 heavy (non-hydrogen) atoms. The monoisotopic (exact) mass is 710 g/mol. The molecule has 0 amide bonds. The Hall–Kier alpha value is -2.59. The van der Waals surface area contributed by atoms with E-state index in [1.807, 2.05) is 18.2 Å². The Morgan fingerprint density at radius 2 is 1.18 bits per heavy atom. The molecule has 10 nitrogen and oxygen atoms in total. The van der Waals surface area contributed by atoms with E-state index in [0.717, 1.165) is 64.2 Å². The van der Waals surface area contributed by atoms with E-state index < -0.39 is 51.8 Å². The Kier molecular flexibility index (Phi) is 32.1. The number of aliphatic hydroxyl groups is 2. The predicted molar refractivity (Wildman–Crippen MR) is 196 cm³/mol. The number of hydrogen-bond donors (Lipinski definition) is 3. The maximum Gasteiger partial charge on any atom is 0.472 e. The first-order valence-electron chi connectivity index (χ1n) is 17.9. The van der Waals surface area contributed by atoms with Crippen LogP contribution in [0.4, 0.5) is 0 Å². The number of phosphoric acid groups is 1. The highest BCUT2D eigenvalue weighted by Gasteiger charge is 2.27. The van der Waals surface area contributed by atoms with Crippen molar-refractivity contribution in [2.45, 2.75) is 129 Å². The summed E-state index contributed by atoms with van der Waals surface area (Å²) in [6.45, 7) is 2.06. The fourth-order valence-electron chi connectivity index (χ4n) is 4.11. The molecule has 0 aliphatic carbocycles. The zero-order chi connectivity index (χ0) is 36.3. The van der Waals surface area contributed by atoms with Gasteiger partial charge in [0.1, 0.15) is 12.7 Å². The number of phosphoric ester groups is 1. The molecule has 0 saturated carbocycles. The van der Waals surface area contributed by atoms with Crippen molar-refractivity contribution in [1.82, 2.24) is 0 Å². The van der Waals surface area contributed by atoms with E-state index in [-0.39, 0.29) is 19.4 Å². The van der Waals surface area contributed by atoms with Crippen LogP contribution in [-0.4, -0.2) is 65.7 Å². The van der Waals surface area contributed by atoms with E-state index in [0.29, 0.717) is 12.8 Å². The van der Waals surface area contributed by atoms with Crippen LogP contribution in [0.3, 0.4) is 0 Å². The molecule has 0 fully saturated rings. The molecular weight excluding hydrogens is 647 g/mol. The molecule has 280 valence electrons. The van der Waals surface area contributed by atoms with Crippen molar-refractivity contribution in [3.05, 3.63) is 72.9 Å². The van der Waals surface area contributed by atoms with Crippen molar-refractivity contribution in [2.24, 2.45) is 0 Å². The van der Waals surface area contributed by atoms with Crippen molar-refractivity contribution in [3.8, 4) is 0 Å². The number of carbonyl (C=O) groups is 2. The molecule has 3 unspecified atom stereocenters. The van der Waals surface area contributed by atoms with E-state index in [2.05, 4.69) is 67.0 Å². The second-order valence-corrected chi connectivity index (χ2v) is 13.0. The molecule has 0 aliphatic rings. The Balaban J connectivity index is 4.60. The van der Waals surface area contributed by atoms with Crippen LogP contribution < -0.4 is 0 Å². The molecule has 0 aliphatic heterocycles. The van der Waals surface area contributed by atoms with Gasteiger partial charge in [-0.2, -0.15) is 0 Å². The third-order valence-corrected chi connectivity index (χ3v) is 7.83. The molecule has 0 aromatic heterocycles. The maximum atomic E-state index is 12.5. The minimum absolute atomic E-state index is 0.0531. The summed E-state index contributed by atoms with van der Waals surface area (Å²) >= 11 is 0. The topological polar surface area (TPSA) is 149 Å². The Morgan fingerprint density at radius 1 is 0.653 bits per heavy atom. The molecule has 0 heterocycles. The average Bonchev–Trinajstić information content (AvgIpc) is 3.09. The normalized spacial score (nSPS) is 15.0. The van der Waals surface area contributed by atoms with Gasteiger partial charge >= 0.3 is 19.8 Å². The molecular formula is C38H63O10P. The summed E-state index contributed by atoms with van der Waals surface area (Å²) in [4.78, 5) is 34.7. The van der Waals surface area contributed by atoms with Crippen molar-refractivity contribution < 1.29 is 47.8 Å². The van der Waals surface area contributed by atoms with Crippen LogP contribution >= 0.6 is 7.82 Å². The predicted octanol–water partition coefficient (Wildman–Crippen LogP) is 8.55. The lowest BCUT2D eigenvalue weighted by Gasteiger charge is -2.20. The summed E-state index contributed by atoms with van der Waals surface area (Å²) in [6, 6.07) is 0. The maximum absolute atomic E-state index is 12.5. The third kappa shape index (κ3) is 33.7. The highest BCUT2D eigenvalue weighted by molar-refractivity contribution is 7.47. The SMILES string of the molecule is CC/C=C\C/C=C\C/C=C\C/C=C\C/C=C\CC(=O)OC(COC(=O)CCCCCCC/C=C\CCCC)COP(=O)(O)OCC(O)CO. The minimum Gasteiger partial charge on any atom is -0.462 e. The molecule has 0 bridgehead atoms. The third-order valence-electron chi connectivity index (χ3n) is 6.88. The number of rotatable bonds is 32. The fourth-order valence-corrected chi connectivity index (χ4v) is 4.90. The number of unbranched alkanes of at least 4 members (excludes halogenated alkanes) is 7. The molecule has 0 aromatic carbocycles. The van der Waals surface area contributed by atoms with Gasteiger partial charge in [-0.1, -0.05) is 119 Å². The first-order chi connectivity index (χ1) is 23.7. The van der Waals surface area contributed by atoms with Gasteiger partial charge in [0.2, 0.25) is 0 Å².